The Morgan fingerprint density at radius 1 is 1.19 bits per heavy atom. The van der Waals surface area contributed by atoms with Gasteiger partial charge in [-0.25, -0.2) is 0 Å². The minimum atomic E-state index is -0.552. The van der Waals surface area contributed by atoms with Gasteiger partial charge in [-0.1, -0.05) is 12.1 Å². The number of hydrogen-bond donors (Lipinski definition) is 3. The molecule has 7 nitrogen and oxygen atoms in total. The second kappa shape index (κ2) is 6.42. The van der Waals surface area contributed by atoms with Gasteiger partial charge < -0.3 is 15.5 Å². The maximum absolute atomic E-state index is 12.9. The average molecular weight is 368 g/mol. The molecule has 0 aromatic heterocycles. The fourth-order valence-electron chi connectivity index (χ4n) is 5.04. The summed E-state index contributed by atoms with van der Waals surface area (Å²) in [6.07, 6.45) is 3.17. The molecule has 3 fully saturated rings. The van der Waals surface area contributed by atoms with Crippen molar-refractivity contribution in [3.05, 3.63) is 34.9 Å². The minimum Gasteiger partial charge on any atom is -0.322 e. The highest BCUT2D eigenvalue weighted by Gasteiger charge is 2.40. The number of amides is 3. The fraction of sp³-hybridized carbons (Fsp3) is 0.550. The predicted molar refractivity (Wildman–Crippen MR) is 97.6 cm³/mol. The van der Waals surface area contributed by atoms with E-state index in [9.17, 15) is 14.4 Å². The van der Waals surface area contributed by atoms with Crippen LogP contribution in [0.15, 0.2) is 18.2 Å². The van der Waals surface area contributed by atoms with Crippen molar-refractivity contribution < 1.29 is 14.4 Å². The van der Waals surface area contributed by atoms with Crippen molar-refractivity contribution in [2.45, 2.75) is 56.9 Å². The SMILES string of the molecule is O=C1CCC(N2Cc3ccc(CNC4CC5CNC4C5)cc3C2=O)C(=O)N1. The van der Waals surface area contributed by atoms with Crippen LogP contribution in [0.1, 0.15) is 47.2 Å². The van der Waals surface area contributed by atoms with E-state index in [1.54, 1.807) is 4.90 Å². The quantitative estimate of drug-likeness (QED) is 0.665. The standard InChI is InChI=1S/C20H24N4O3/c25-18-4-3-17(19(26)23-18)24-10-13-2-1-11(5-14(13)20(24)27)8-21-15-6-12-7-16(15)22-9-12/h1-2,5,12,15-17,21-22H,3-4,6-10H2,(H,23,25,26). The van der Waals surface area contributed by atoms with Gasteiger partial charge in [0, 0.05) is 37.2 Å². The number of benzene rings is 1. The number of rotatable bonds is 4. The van der Waals surface area contributed by atoms with Crippen LogP contribution in [0.5, 0.6) is 0 Å². The van der Waals surface area contributed by atoms with E-state index < -0.39 is 6.04 Å². The number of fused-ring (bicyclic) bond motifs is 3. The molecule has 2 bridgehead atoms. The summed E-state index contributed by atoms with van der Waals surface area (Å²) in [4.78, 5) is 38.0. The van der Waals surface area contributed by atoms with Crippen LogP contribution in [0.3, 0.4) is 0 Å². The Hall–Kier alpha value is -2.25. The molecule has 1 saturated carbocycles. The van der Waals surface area contributed by atoms with E-state index in [4.69, 9.17) is 0 Å². The molecular weight excluding hydrogens is 344 g/mol. The zero-order valence-electron chi connectivity index (χ0n) is 15.2. The number of nitrogens with one attached hydrogen (secondary N) is 3. The topological polar surface area (TPSA) is 90.5 Å². The molecule has 5 rings (SSSR count). The molecule has 1 aromatic carbocycles. The summed E-state index contributed by atoms with van der Waals surface area (Å²) in [6, 6.07) is 6.55. The van der Waals surface area contributed by atoms with Gasteiger partial charge >= 0.3 is 0 Å². The highest BCUT2D eigenvalue weighted by atomic mass is 16.2. The number of carbonyl (C=O) groups excluding carboxylic acids is 3. The minimum absolute atomic E-state index is 0.108. The number of carbonyl (C=O) groups is 3. The first-order valence-corrected chi connectivity index (χ1v) is 9.82. The van der Waals surface area contributed by atoms with E-state index in [1.165, 1.54) is 12.8 Å². The third-order valence-electron chi connectivity index (χ3n) is 6.49. The molecule has 4 unspecified atom stereocenters. The predicted octanol–water partition coefficient (Wildman–Crippen LogP) is 0.288. The van der Waals surface area contributed by atoms with Crippen LogP contribution < -0.4 is 16.0 Å². The van der Waals surface area contributed by atoms with Gasteiger partial charge in [0.25, 0.3) is 5.91 Å². The zero-order chi connectivity index (χ0) is 18.5. The molecule has 3 amide bonds. The summed E-state index contributed by atoms with van der Waals surface area (Å²) in [7, 11) is 0. The molecule has 4 aliphatic rings. The maximum Gasteiger partial charge on any atom is 0.255 e. The van der Waals surface area contributed by atoms with Crippen LogP contribution in [0.25, 0.3) is 0 Å². The summed E-state index contributed by atoms with van der Waals surface area (Å²) in [6.45, 7) is 2.32. The average Bonchev–Trinajstić information content (AvgIpc) is 3.35. The van der Waals surface area contributed by atoms with Crippen LogP contribution in [0.4, 0.5) is 0 Å². The first-order chi connectivity index (χ1) is 13.1. The van der Waals surface area contributed by atoms with Crippen molar-refractivity contribution in [2.75, 3.05) is 6.54 Å². The molecule has 1 aliphatic carbocycles. The smallest absolute Gasteiger partial charge is 0.255 e. The van der Waals surface area contributed by atoms with Crippen molar-refractivity contribution in [3.63, 3.8) is 0 Å². The lowest BCUT2D eigenvalue weighted by atomic mass is 10.0. The van der Waals surface area contributed by atoms with Gasteiger partial charge in [-0.05, 0) is 48.9 Å². The normalized spacial score (nSPS) is 32.1. The third-order valence-corrected chi connectivity index (χ3v) is 6.49. The van der Waals surface area contributed by atoms with Gasteiger partial charge in [-0.2, -0.15) is 0 Å². The van der Waals surface area contributed by atoms with Crippen molar-refractivity contribution in [3.8, 4) is 0 Å². The molecule has 4 atom stereocenters. The summed E-state index contributed by atoms with van der Waals surface area (Å²) < 4.78 is 0. The summed E-state index contributed by atoms with van der Waals surface area (Å²) in [5, 5.41) is 9.53. The van der Waals surface area contributed by atoms with E-state index in [0.29, 0.717) is 30.6 Å². The van der Waals surface area contributed by atoms with Crippen molar-refractivity contribution in [1.29, 1.82) is 0 Å². The Balaban J connectivity index is 1.27. The van der Waals surface area contributed by atoms with E-state index in [1.807, 2.05) is 12.1 Å². The lowest BCUT2D eigenvalue weighted by Gasteiger charge is -2.29. The molecule has 1 aromatic rings. The van der Waals surface area contributed by atoms with Crippen LogP contribution in [-0.4, -0.2) is 47.3 Å². The lowest BCUT2D eigenvalue weighted by Crippen LogP contribution is -2.52. The van der Waals surface area contributed by atoms with Crippen LogP contribution >= 0.6 is 0 Å². The Labute approximate surface area is 157 Å². The van der Waals surface area contributed by atoms with E-state index in [0.717, 1.165) is 30.1 Å². The molecule has 142 valence electrons. The Kier molecular flexibility index (Phi) is 4.02. The third kappa shape index (κ3) is 2.95. The first-order valence-electron chi connectivity index (χ1n) is 9.82. The Morgan fingerprint density at radius 3 is 2.81 bits per heavy atom. The highest BCUT2D eigenvalue weighted by Crippen LogP contribution is 2.32. The van der Waals surface area contributed by atoms with Crippen molar-refractivity contribution >= 4 is 17.7 Å². The Bertz CT molecular complexity index is 823. The van der Waals surface area contributed by atoms with Gasteiger partial charge in [0.05, 0.1) is 0 Å². The molecule has 3 aliphatic heterocycles. The van der Waals surface area contributed by atoms with Crippen LogP contribution in [-0.2, 0) is 22.7 Å². The second-order valence-corrected chi connectivity index (χ2v) is 8.23. The Morgan fingerprint density at radius 2 is 2.07 bits per heavy atom. The molecule has 27 heavy (non-hydrogen) atoms. The molecule has 7 heteroatoms. The van der Waals surface area contributed by atoms with Crippen LogP contribution in [0, 0.1) is 5.92 Å². The van der Waals surface area contributed by atoms with E-state index >= 15 is 0 Å². The second-order valence-electron chi connectivity index (χ2n) is 8.23. The number of nitrogens with zero attached hydrogens (tertiary/aromatic N) is 1. The molecular formula is C20H24N4O3. The van der Waals surface area contributed by atoms with Gasteiger partial charge in [0.2, 0.25) is 11.8 Å². The van der Waals surface area contributed by atoms with Crippen LogP contribution in [0.2, 0.25) is 0 Å². The number of hydrogen-bond acceptors (Lipinski definition) is 5. The van der Waals surface area contributed by atoms with Gasteiger partial charge in [-0.3, -0.25) is 19.7 Å². The van der Waals surface area contributed by atoms with E-state index in [2.05, 4.69) is 22.0 Å². The summed E-state index contributed by atoms with van der Waals surface area (Å²) in [5.74, 6) is 0.0704. The summed E-state index contributed by atoms with van der Waals surface area (Å²) in [5.41, 5.74) is 2.73. The molecule has 0 spiro atoms. The summed E-state index contributed by atoms with van der Waals surface area (Å²) >= 11 is 0. The lowest BCUT2D eigenvalue weighted by molar-refractivity contribution is -0.136. The van der Waals surface area contributed by atoms with Gasteiger partial charge in [0.1, 0.15) is 6.04 Å². The van der Waals surface area contributed by atoms with Gasteiger partial charge in [0.15, 0.2) is 0 Å². The molecule has 3 heterocycles. The fourth-order valence-corrected chi connectivity index (χ4v) is 5.04. The maximum atomic E-state index is 12.9. The van der Waals surface area contributed by atoms with Gasteiger partial charge in [-0.15, -0.1) is 0 Å². The molecule has 0 radical (unpaired) electrons. The molecule has 3 N–H and O–H groups in total. The van der Waals surface area contributed by atoms with E-state index in [-0.39, 0.29) is 24.1 Å². The highest BCUT2D eigenvalue weighted by molar-refractivity contribution is 6.05. The van der Waals surface area contributed by atoms with Crippen molar-refractivity contribution in [2.24, 2.45) is 5.92 Å². The van der Waals surface area contributed by atoms with Crippen molar-refractivity contribution in [1.82, 2.24) is 20.9 Å². The number of imide groups is 1. The monoisotopic (exact) mass is 368 g/mol. The largest absolute Gasteiger partial charge is 0.322 e. The first kappa shape index (κ1) is 16.9. The number of piperidine rings is 2. The zero-order valence-corrected chi connectivity index (χ0v) is 15.2. The molecule has 2 saturated heterocycles.